The average molecular weight is 181 g/mol. The molecular weight excluding hydrogens is 170 g/mol. The highest BCUT2D eigenvalue weighted by atomic mass is 32.2. The van der Waals surface area contributed by atoms with E-state index in [1.807, 2.05) is 44.2 Å². The fourth-order valence-corrected chi connectivity index (χ4v) is 1.41. The maximum absolute atomic E-state index is 10.1. The van der Waals surface area contributed by atoms with Gasteiger partial charge in [-0.05, 0) is 19.4 Å². The van der Waals surface area contributed by atoms with Crippen molar-refractivity contribution in [3.8, 4) is 0 Å². The summed E-state index contributed by atoms with van der Waals surface area (Å²) in [6, 6.07) is 9.87. The van der Waals surface area contributed by atoms with E-state index < -0.39 is 0 Å². The van der Waals surface area contributed by atoms with Crippen LogP contribution < -0.4 is 0 Å². The monoisotopic (exact) mass is 181 g/mol. The van der Waals surface area contributed by atoms with Crippen molar-refractivity contribution in [3.05, 3.63) is 40.8 Å². The molecule has 0 atom stereocenters. The molecule has 0 aliphatic heterocycles. The van der Waals surface area contributed by atoms with Crippen LogP contribution >= 0.6 is 11.9 Å². The van der Waals surface area contributed by atoms with Crippen LogP contribution in [0.1, 0.15) is 19.4 Å². The fourth-order valence-electron chi connectivity index (χ4n) is 0.985. The van der Waals surface area contributed by atoms with Gasteiger partial charge in [-0.2, -0.15) is 0 Å². The van der Waals surface area contributed by atoms with Gasteiger partial charge in [0.15, 0.2) is 0 Å². The smallest absolute Gasteiger partial charge is 0.0604 e. The van der Waals surface area contributed by atoms with Crippen molar-refractivity contribution in [1.29, 1.82) is 0 Å². The Kier molecular flexibility index (Phi) is 2.87. The first-order valence-corrected chi connectivity index (χ1v) is 4.50. The van der Waals surface area contributed by atoms with E-state index in [-0.39, 0.29) is 4.75 Å². The summed E-state index contributed by atoms with van der Waals surface area (Å²) in [5.74, 6) is 0. The third kappa shape index (κ3) is 2.08. The van der Waals surface area contributed by atoms with Crippen LogP contribution in [0.3, 0.4) is 0 Å². The molecule has 0 spiro atoms. The molecule has 0 N–H and O–H groups in total. The number of hydrogen-bond donors (Lipinski definition) is 0. The third-order valence-electron chi connectivity index (χ3n) is 1.73. The molecule has 0 fully saturated rings. The fraction of sp³-hybridized carbons (Fsp3) is 0.333. The number of nitrogens with zero attached hydrogens (tertiary/aromatic N) is 1. The number of benzene rings is 1. The molecule has 0 aliphatic rings. The van der Waals surface area contributed by atoms with Gasteiger partial charge in [0.2, 0.25) is 0 Å². The van der Waals surface area contributed by atoms with Gasteiger partial charge in [-0.3, -0.25) is 0 Å². The van der Waals surface area contributed by atoms with E-state index in [2.05, 4.69) is 4.58 Å². The van der Waals surface area contributed by atoms with E-state index in [1.54, 1.807) is 0 Å². The zero-order valence-electron chi connectivity index (χ0n) is 7.15. The molecule has 0 radical (unpaired) electrons. The molecule has 0 bridgehead atoms. The van der Waals surface area contributed by atoms with E-state index in [0.717, 1.165) is 17.5 Å². The van der Waals surface area contributed by atoms with Crippen molar-refractivity contribution in [2.24, 2.45) is 4.58 Å². The minimum Gasteiger partial charge on any atom is -0.137 e. The maximum Gasteiger partial charge on any atom is 0.0604 e. The summed E-state index contributed by atoms with van der Waals surface area (Å²) in [5.41, 5.74) is 1.12. The van der Waals surface area contributed by atoms with Crippen LogP contribution in [0.25, 0.3) is 0 Å². The van der Waals surface area contributed by atoms with E-state index in [9.17, 15) is 4.91 Å². The van der Waals surface area contributed by atoms with Crippen molar-refractivity contribution in [3.63, 3.8) is 0 Å². The molecule has 0 saturated heterocycles. The Hall–Kier alpha value is -0.830. The van der Waals surface area contributed by atoms with E-state index >= 15 is 0 Å². The van der Waals surface area contributed by atoms with Gasteiger partial charge in [-0.15, -0.1) is 4.91 Å². The predicted molar refractivity (Wildman–Crippen MR) is 52.9 cm³/mol. The largest absolute Gasteiger partial charge is 0.137 e. The second-order valence-electron chi connectivity index (χ2n) is 3.04. The van der Waals surface area contributed by atoms with Crippen LogP contribution in [0.5, 0.6) is 0 Å². The van der Waals surface area contributed by atoms with Crippen molar-refractivity contribution in [1.82, 2.24) is 0 Å². The molecule has 0 aromatic heterocycles. The number of rotatable bonds is 3. The summed E-state index contributed by atoms with van der Waals surface area (Å²) < 4.78 is 2.63. The zero-order valence-corrected chi connectivity index (χ0v) is 7.97. The second-order valence-corrected chi connectivity index (χ2v) is 4.39. The predicted octanol–water partition coefficient (Wildman–Crippen LogP) is 3.34. The van der Waals surface area contributed by atoms with Gasteiger partial charge in [-0.1, -0.05) is 30.3 Å². The van der Waals surface area contributed by atoms with Crippen LogP contribution in [0.4, 0.5) is 0 Å². The topological polar surface area (TPSA) is 29.4 Å². The Morgan fingerprint density at radius 2 is 1.83 bits per heavy atom. The molecule has 0 amide bonds. The lowest BCUT2D eigenvalue weighted by atomic mass is 10.0. The highest BCUT2D eigenvalue weighted by Gasteiger charge is 2.21. The van der Waals surface area contributed by atoms with Crippen molar-refractivity contribution in [2.45, 2.75) is 18.6 Å². The van der Waals surface area contributed by atoms with Crippen LogP contribution in [0.2, 0.25) is 0 Å². The summed E-state index contributed by atoms with van der Waals surface area (Å²) in [4.78, 5) is 10.1. The lowest BCUT2D eigenvalue weighted by Crippen LogP contribution is -2.09. The normalized spacial score (nSPS) is 11.2. The first kappa shape index (κ1) is 9.26. The van der Waals surface area contributed by atoms with Crippen LogP contribution in [0.15, 0.2) is 34.9 Å². The van der Waals surface area contributed by atoms with Gasteiger partial charge in [0, 0.05) is 16.5 Å². The molecule has 2 nitrogen and oxygen atoms in total. The van der Waals surface area contributed by atoms with E-state index in [0.29, 0.717) is 0 Å². The molecule has 0 heterocycles. The quantitative estimate of drug-likeness (QED) is 0.528. The Morgan fingerprint density at radius 1 is 1.25 bits per heavy atom. The molecule has 1 rings (SSSR count). The molecule has 12 heavy (non-hydrogen) atoms. The number of nitroso groups, excluding NO2 is 1. The highest BCUT2D eigenvalue weighted by Crippen LogP contribution is 2.35. The zero-order chi connectivity index (χ0) is 9.03. The average Bonchev–Trinajstić information content (AvgIpc) is 2.06. The molecular formula is C9H11NOS. The summed E-state index contributed by atoms with van der Waals surface area (Å²) in [6.45, 7) is 3.96. The molecule has 0 saturated carbocycles. The minimum atomic E-state index is -0.219. The van der Waals surface area contributed by atoms with E-state index in [4.69, 9.17) is 0 Å². The molecule has 0 aliphatic carbocycles. The van der Waals surface area contributed by atoms with Gasteiger partial charge in [0.05, 0.1) is 4.75 Å². The molecule has 3 heteroatoms. The summed E-state index contributed by atoms with van der Waals surface area (Å²) in [7, 11) is 0. The molecule has 1 aromatic rings. The van der Waals surface area contributed by atoms with Gasteiger partial charge in [0.25, 0.3) is 0 Å². The van der Waals surface area contributed by atoms with Crippen LogP contribution in [0, 0.1) is 4.91 Å². The van der Waals surface area contributed by atoms with Crippen molar-refractivity contribution in [2.75, 3.05) is 0 Å². The lowest BCUT2D eigenvalue weighted by molar-refractivity contribution is 0.783. The van der Waals surface area contributed by atoms with Crippen LogP contribution in [-0.2, 0) is 4.75 Å². The van der Waals surface area contributed by atoms with Gasteiger partial charge in [0.1, 0.15) is 0 Å². The first-order valence-electron chi connectivity index (χ1n) is 3.73. The van der Waals surface area contributed by atoms with Gasteiger partial charge < -0.3 is 0 Å². The summed E-state index contributed by atoms with van der Waals surface area (Å²) in [5, 5.41) is 0. The highest BCUT2D eigenvalue weighted by molar-refractivity contribution is 7.98. The standard InChI is InChI=1S/C9H11NOS/c1-9(2,12-10-11)8-6-4-3-5-7-8/h3-7H,1-2H3. The molecule has 0 unspecified atom stereocenters. The van der Waals surface area contributed by atoms with Gasteiger partial charge >= 0.3 is 0 Å². The Morgan fingerprint density at radius 3 is 2.33 bits per heavy atom. The Bertz CT molecular complexity index is 258. The Labute approximate surface area is 76.5 Å². The van der Waals surface area contributed by atoms with Crippen molar-refractivity contribution < 1.29 is 0 Å². The lowest BCUT2D eigenvalue weighted by Gasteiger charge is -2.19. The second kappa shape index (κ2) is 3.72. The van der Waals surface area contributed by atoms with E-state index in [1.165, 1.54) is 0 Å². The third-order valence-corrected chi connectivity index (χ3v) is 2.50. The minimum absolute atomic E-state index is 0.219. The number of hydrogen-bond acceptors (Lipinski definition) is 3. The first-order chi connectivity index (χ1) is 5.67. The van der Waals surface area contributed by atoms with Crippen molar-refractivity contribution >= 4 is 11.9 Å². The van der Waals surface area contributed by atoms with Gasteiger partial charge in [-0.25, -0.2) is 0 Å². The maximum atomic E-state index is 10.1. The Balaban J connectivity index is 2.89. The summed E-state index contributed by atoms with van der Waals surface area (Å²) >= 11 is 1.06. The SMILES string of the molecule is CC(C)(SN=O)c1ccccc1. The molecule has 1 aromatic carbocycles. The van der Waals surface area contributed by atoms with Crippen LogP contribution in [-0.4, -0.2) is 0 Å². The summed E-state index contributed by atoms with van der Waals surface area (Å²) in [6.07, 6.45) is 0. The molecule has 64 valence electrons.